The number of carbonyl (C=O) groups is 2. The van der Waals surface area contributed by atoms with E-state index in [1.165, 1.54) is 35.6 Å². The van der Waals surface area contributed by atoms with Crippen LogP contribution in [0.3, 0.4) is 0 Å². The zero-order valence-electron chi connectivity index (χ0n) is 20.2. The van der Waals surface area contributed by atoms with Crippen LogP contribution in [0.1, 0.15) is 35.2 Å². The number of halogens is 1. The number of benzene rings is 2. The first-order valence-corrected chi connectivity index (χ1v) is 12.6. The monoisotopic (exact) mass is 517 g/mol. The highest BCUT2D eigenvalue weighted by Crippen LogP contribution is 2.42. The number of likely N-dealkylation sites (tertiary alicyclic amines) is 1. The highest BCUT2D eigenvalue weighted by atomic mass is 32.2. The molecule has 1 saturated heterocycles. The summed E-state index contributed by atoms with van der Waals surface area (Å²) in [5.74, 6) is -2.38. The fraction of sp³-hybridized carbons (Fsp3) is 0.360. The van der Waals surface area contributed by atoms with Crippen LogP contribution in [0.4, 0.5) is 10.1 Å². The molecule has 11 heteroatoms. The maximum atomic E-state index is 13.6. The van der Waals surface area contributed by atoms with Crippen molar-refractivity contribution in [1.29, 1.82) is 0 Å². The molecule has 3 atom stereocenters. The lowest BCUT2D eigenvalue weighted by Gasteiger charge is -2.35. The van der Waals surface area contributed by atoms with Gasteiger partial charge in [-0.3, -0.25) is 18.4 Å². The molecule has 2 aromatic carbocycles. The van der Waals surface area contributed by atoms with E-state index in [9.17, 15) is 27.8 Å². The molecule has 1 aliphatic rings. The molecule has 0 saturated carbocycles. The number of carboxylic acids is 1. The summed E-state index contributed by atoms with van der Waals surface area (Å²) in [7, 11) is 3.33. The summed E-state index contributed by atoms with van der Waals surface area (Å²) in [5, 5.41) is 12.8. The molecule has 1 amide bonds. The number of furan rings is 1. The molecular formula is C25H28FN3O6S. The van der Waals surface area contributed by atoms with E-state index in [1.54, 1.807) is 19.1 Å². The molecule has 9 nitrogen and oxygen atoms in total. The average molecular weight is 518 g/mol. The van der Waals surface area contributed by atoms with E-state index in [2.05, 4.69) is 5.32 Å². The van der Waals surface area contributed by atoms with Crippen LogP contribution in [0, 0.1) is 11.7 Å². The summed E-state index contributed by atoms with van der Waals surface area (Å²) in [6.07, 6.45) is 0.339. The van der Waals surface area contributed by atoms with Gasteiger partial charge in [-0.15, -0.1) is 0 Å². The Bertz CT molecular complexity index is 1330. The van der Waals surface area contributed by atoms with Crippen molar-refractivity contribution < 1.29 is 32.3 Å². The lowest BCUT2D eigenvalue weighted by molar-refractivity contribution is -0.143. The molecule has 1 aromatic heterocycles. The van der Waals surface area contributed by atoms with E-state index < -0.39 is 34.9 Å². The SMILES string of the molecule is CCN(c1cc2oc(-c3ccc(F)cc3)c(C(=O)NC)c2cc1C1CC(C(=O)O)CN(C)C1)S(=O)O. The van der Waals surface area contributed by atoms with Gasteiger partial charge in [-0.1, -0.05) is 0 Å². The Balaban J connectivity index is 1.99. The summed E-state index contributed by atoms with van der Waals surface area (Å²) in [6, 6.07) is 8.93. The number of aliphatic carboxylic acids is 1. The van der Waals surface area contributed by atoms with E-state index in [4.69, 9.17) is 4.42 Å². The predicted molar refractivity (Wildman–Crippen MR) is 135 cm³/mol. The summed E-state index contributed by atoms with van der Waals surface area (Å²) in [5.41, 5.74) is 2.14. The number of fused-ring (bicyclic) bond motifs is 1. The van der Waals surface area contributed by atoms with E-state index in [0.717, 1.165) is 0 Å². The van der Waals surface area contributed by atoms with Gasteiger partial charge in [0.25, 0.3) is 17.2 Å². The Labute approximate surface area is 210 Å². The maximum Gasteiger partial charge on any atom is 0.307 e. The number of likely N-dealkylation sites (N-methyl/N-ethyl adjacent to an activating group) is 1. The molecule has 4 rings (SSSR count). The number of hydrogen-bond donors (Lipinski definition) is 3. The van der Waals surface area contributed by atoms with Crippen molar-refractivity contribution in [3.63, 3.8) is 0 Å². The van der Waals surface area contributed by atoms with Crippen LogP contribution in [0.2, 0.25) is 0 Å². The zero-order valence-corrected chi connectivity index (χ0v) is 21.0. The molecule has 0 aliphatic carbocycles. The highest BCUT2D eigenvalue weighted by molar-refractivity contribution is 7.80. The minimum atomic E-state index is -2.35. The standard InChI is InChI=1S/C25H28FN3O6S/c1-4-29(36(33)34)20-11-21-19(10-18(20)15-9-16(25(31)32)13-28(3)12-15)22(24(30)27-2)23(35-21)14-5-7-17(26)8-6-14/h5-8,10-11,15-16H,4,9,12-13H2,1-3H3,(H,27,30)(H,31,32)(H,33,34). The van der Waals surface area contributed by atoms with E-state index in [-0.39, 0.29) is 23.8 Å². The van der Waals surface area contributed by atoms with Crippen molar-refractivity contribution in [2.45, 2.75) is 19.3 Å². The quantitative estimate of drug-likeness (QED) is 0.409. The van der Waals surface area contributed by atoms with Gasteiger partial charge in [0.1, 0.15) is 17.2 Å². The highest BCUT2D eigenvalue weighted by Gasteiger charge is 2.34. The number of rotatable bonds is 7. The van der Waals surface area contributed by atoms with Gasteiger partial charge in [-0.05, 0) is 62.2 Å². The molecule has 1 aliphatic heterocycles. The molecule has 0 radical (unpaired) electrons. The number of anilines is 1. The average Bonchev–Trinajstić information content (AvgIpc) is 3.21. The van der Waals surface area contributed by atoms with Crippen molar-refractivity contribution in [1.82, 2.24) is 10.2 Å². The first-order chi connectivity index (χ1) is 17.1. The first-order valence-electron chi connectivity index (χ1n) is 11.5. The lowest BCUT2D eigenvalue weighted by Crippen LogP contribution is -2.40. The Morgan fingerprint density at radius 2 is 1.94 bits per heavy atom. The Hall–Kier alpha value is -3.28. The Morgan fingerprint density at radius 3 is 2.53 bits per heavy atom. The number of carboxylic acid groups (broad SMARTS) is 1. The minimum Gasteiger partial charge on any atom is -0.481 e. The van der Waals surface area contributed by atoms with Crippen LogP contribution in [0.5, 0.6) is 0 Å². The van der Waals surface area contributed by atoms with Crippen molar-refractivity contribution >= 4 is 39.8 Å². The minimum absolute atomic E-state index is 0.209. The third-order valence-corrected chi connectivity index (χ3v) is 7.40. The van der Waals surface area contributed by atoms with Gasteiger partial charge in [0, 0.05) is 43.7 Å². The summed E-state index contributed by atoms with van der Waals surface area (Å²) >= 11 is -2.35. The van der Waals surface area contributed by atoms with Gasteiger partial charge in [0.15, 0.2) is 0 Å². The molecule has 3 N–H and O–H groups in total. The smallest absolute Gasteiger partial charge is 0.307 e. The van der Waals surface area contributed by atoms with Gasteiger partial charge in [0.2, 0.25) is 0 Å². The zero-order chi connectivity index (χ0) is 26.1. The predicted octanol–water partition coefficient (Wildman–Crippen LogP) is 3.68. The normalized spacial score (nSPS) is 19.2. The number of amides is 1. The van der Waals surface area contributed by atoms with E-state index in [1.807, 2.05) is 11.9 Å². The van der Waals surface area contributed by atoms with Gasteiger partial charge in [-0.25, -0.2) is 8.60 Å². The van der Waals surface area contributed by atoms with E-state index >= 15 is 0 Å². The molecule has 0 spiro atoms. The fourth-order valence-electron chi connectivity index (χ4n) is 4.94. The Kier molecular flexibility index (Phi) is 7.43. The van der Waals surface area contributed by atoms with Crippen LogP contribution >= 0.6 is 0 Å². The third kappa shape index (κ3) is 4.86. The van der Waals surface area contributed by atoms with Crippen molar-refractivity contribution in [3.8, 4) is 11.3 Å². The second-order valence-electron chi connectivity index (χ2n) is 8.91. The molecule has 192 valence electrons. The van der Waals surface area contributed by atoms with Crippen LogP contribution < -0.4 is 9.62 Å². The van der Waals surface area contributed by atoms with Gasteiger partial charge in [-0.2, -0.15) is 0 Å². The summed E-state index contributed by atoms with van der Waals surface area (Å²) < 4.78 is 43.2. The number of nitrogens with one attached hydrogen (secondary N) is 1. The van der Waals surface area contributed by atoms with Gasteiger partial charge < -0.3 is 19.7 Å². The molecule has 1 fully saturated rings. The van der Waals surface area contributed by atoms with Crippen LogP contribution in [0.15, 0.2) is 40.8 Å². The summed E-state index contributed by atoms with van der Waals surface area (Å²) in [6.45, 7) is 2.88. The number of hydrogen-bond acceptors (Lipinski definition) is 5. The fourth-order valence-corrected chi connectivity index (χ4v) is 5.48. The van der Waals surface area contributed by atoms with Crippen LogP contribution in [-0.2, 0) is 16.1 Å². The van der Waals surface area contributed by atoms with Crippen molar-refractivity contribution in [3.05, 3.63) is 53.3 Å². The van der Waals surface area contributed by atoms with Gasteiger partial charge >= 0.3 is 5.97 Å². The lowest BCUT2D eigenvalue weighted by atomic mass is 9.83. The van der Waals surface area contributed by atoms with Crippen molar-refractivity contribution in [2.75, 3.05) is 38.0 Å². The van der Waals surface area contributed by atoms with Crippen LogP contribution in [0.25, 0.3) is 22.3 Å². The largest absolute Gasteiger partial charge is 0.481 e. The topological polar surface area (TPSA) is 123 Å². The molecule has 36 heavy (non-hydrogen) atoms. The molecule has 3 aromatic rings. The number of carbonyl (C=O) groups excluding carboxylic acids is 1. The molecule has 0 bridgehead atoms. The molecule has 3 unspecified atom stereocenters. The summed E-state index contributed by atoms with van der Waals surface area (Å²) in [4.78, 5) is 26.7. The van der Waals surface area contributed by atoms with Crippen molar-refractivity contribution in [2.24, 2.45) is 5.92 Å². The molecule has 2 heterocycles. The van der Waals surface area contributed by atoms with Crippen LogP contribution in [-0.4, -0.2) is 64.4 Å². The Morgan fingerprint density at radius 1 is 1.25 bits per heavy atom. The number of piperidine rings is 1. The maximum absolute atomic E-state index is 13.6. The molecular weight excluding hydrogens is 489 g/mol. The number of nitrogens with zero attached hydrogens (tertiary/aromatic N) is 2. The van der Waals surface area contributed by atoms with E-state index in [0.29, 0.717) is 47.3 Å². The first kappa shape index (κ1) is 25.8. The van der Waals surface area contributed by atoms with Gasteiger partial charge in [0.05, 0.1) is 17.2 Å². The third-order valence-electron chi connectivity index (χ3n) is 6.56. The second kappa shape index (κ2) is 10.4. The second-order valence-corrected chi connectivity index (χ2v) is 9.82.